The molecule has 0 aliphatic heterocycles. The van der Waals surface area contributed by atoms with Gasteiger partial charge in [-0.1, -0.05) is 0 Å². The molecule has 15 nitrogen and oxygen atoms in total. The number of rotatable bonds is 14. The Bertz CT molecular complexity index is 1830. The normalized spacial score (nSPS) is 11.0. The van der Waals surface area contributed by atoms with Crippen molar-refractivity contribution in [3.8, 4) is 0 Å². The van der Waals surface area contributed by atoms with Gasteiger partial charge >= 0.3 is 0 Å². The standard InChI is InChI=1S/C32H41ClN10O5/c1-39(2)11-7-10-34-29(45)24-13-21(17-40(24)3)36-31(47)26-15-23(19-42(26)5)38-32(48)27-14-22(18-43(27)6)37-30(46)25-12-20(16-41(25)4)35-28(44)8-9-33/h12-19H,7-11H2,1-6H3,(H,34,45)(H,35,44)(H,36,47)(H,37,46)(H,38,48). The minimum absolute atomic E-state index is 0.151. The van der Waals surface area contributed by atoms with E-state index in [9.17, 15) is 24.0 Å². The Labute approximate surface area is 283 Å². The summed E-state index contributed by atoms with van der Waals surface area (Å²) in [5.41, 5.74) is 2.94. The van der Waals surface area contributed by atoms with Gasteiger partial charge in [-0.15, -0.1) is 11.6 Å². The molecule has 0 spiro atoms. The Morgan fingerprint density at radius 3 is 1.31 bits per heavy atom. The Morgan fingerprint density at radius 1 is 0.604 bits per heavy atom. The second kappa shape index (κ2) is 15.5. The van der Waals surface area contributed by atoms with Crippen molar-refractivity contribution in [1.82, 2.24) is 28.5 Å². The van der Waals surface area contributed by atoms with E-state index in [1.807, 2.05) is 19.0 Å². The first-order valence-corrected chi connectivity index (χ1v) is 15.7. The van der Waals surface area contributed by atoms with E-state index in [0.717, 1.165) is 13.0 Å². The predicted octanol–water partition coefficient (Wildman–Crippen LogP) is 3.05. The third-order valence-corrected chi connectivity index (χ3v) is 7.59. The van der Waals surface area contributed by atoms with E-state index in [-0.39, 0.29) is 35.5 Å². The lowest BCUT2D eigenvalue weighted by Gasteiger charge is -2.10. The molecular formula is C32H41ClN10O5. The monoisotopic (exact) mass is 680 g/mol. The van der Waals surface area contributed by atoms with Crippen molar-refractivity contribution in [2.45, 2.75) is 12.8 Å². The summed E-state index contributed by atoms with van der Waals surface area (Å²) < 4.78 is 6.36. The van der Waals surface area contributed by atoms with Gasteiger partial charge in [-0.25, -0.2) is 0 Å². The summed E-state index contributed by atoms with van der Waals surface area (Å²) in [4.78, 5) is 65.8. The molecule has 0 saturated heterocycles. The van der Waals surface area contributed by atoms with Crippen LogP contribution in [0.2, 0.25) is 0 Å². The third-order valence-electron chi connectivity index (χ3n) is 7.40. The van der Waals surface area contributed by atoms with E-state index in [0.29, 0.717) is 40.7 Å². The highest BCUT2D eigenvalue weighted by atomic mass is 35.5. The molecule has 4 heterocycles. The smallest absolute Gasteiger partial charge is 0.272 e. The number of amides is 5. The Morgan fingerprint density at radius 2 is 0.958 bits per heavy atom. The zero-order valence-electron chi connectivity index (χ0n) is 27.8. The zero-order chi connectivity index (χ0) is 35.1. The van der Waals surface area contributed by atoms with Crippen molar-refractivity contribution in [1.29, 1.82) is 0 Å². The minimum atomic E-state index is -0.456. The van der Waals surface area contributed by atoms with Gasteiger partial charge in [-0.05, 0) is 51.3 Å². The second-order valence-electron chi connectivity index (χ2n) is 11.7. The van der Waals surface area contributed by atoms with Crippen molar-refractivity contribution in [3.63, 3.8) is 0 Å². The van der Waals surface area contributed by atoms with Crippen molar-refractivity contribution in [2.24, 2.45) is 28.2 Å². The van der Waals surface area contributed by atoms with Gasteiger partial charge in [-0.2, -0.15) is 0 Å². The number of halogens is 1. The largest absolute Gasteiger partial charge is 0.351 e. The molecule has 0 radical (unpaired) electrons. The van der Waals surface area contributed by atoms with Crippen LogP contribution < -0.4 is 26.6 Å². The molecule has 0 atom stereocenters. The quantitative estimate of drug-likeness (QED) is 0.101. The number of hydrogen-bond acceptors (Lipinski definition) is 6. The van der Waals surface area contributed by atoms with Crippen LogP contribution in [0.25, 0.3) is 0 Å². The highest BCUT2D eigenvalue weighted by Crippen LogP contribution is 2.21. The molecule has 0 aromatic carbocycles. The number of carbonyl (C=O) groups excluding carboxylic acids is 5. The molecule has 0 unspecified atom stereocenters. The molecule has 0 fully saturated rings. The average molecular weight is 681 g/mol. The Balaban J connectivity index is 1.36. The number of hydrogen-bond donors (Lipinski definition) is 5. The number of nitrogens with zero attached hydrogens (tertiary/aromatic N) is 5. The van der Waals surface area contributed by atoms with E-state index in [2.05, 4.69) is 26.6 Å². The summed E-state index contributed by atoms with van der Waals surface area (Å²) in [7, 11) is 10.7. The van der Waals surface area contributed by atoms with Gasteiger partial charge < -0.3 is 49.8 Å². The number of aromatic nitrogens is 4. The molecule has 4 aromatic heterocycles. The van der Waals surface area contributed by atoms with E-state index in [1.54, 1.807) is 89.4 Å². The molecule has 16 heteroatoms. The summed E-state index contributed by atoms with van der Waals surface area (Å²) in [5, 5.41) is 14.0. The summed E-state index contributed by atoms with van der Waals surface area (Å²) in [6.45, 7) is 1.39. The van der Waals surface area contributed by atoms with Gasteiger partial charge in [0, 0.05) is 71.8 Å². The lowest BCUT2D eigenvalue weighted by atomic mass is 10.3. The predicted molar refractivity (Wildman–Crippen MR) is 185 cm³/mol. The van der Waals surface area contributed by atoms with Crippen LogP contribution in [0, 0.1) is 0 Å². The van der Waals surface area contributed by atoms with Crippen molar-refractivity contribution in [3.05, 3.63) is 71.8 Å². The number of anilines is 4. The summed E-state index contributed by atoms with van der Waals surface area (Å²) >= 11 is 5.61. The summed E-state index contributed by atoms with van der Waals surface area (Å²) in [6, 6.07) is 6.22. The van der Waals surface area contributed by atoms with Crippen LogP contribution in [0.4, 0.5) is 22.7 Å². The van der Waals surface area contributed by atoms with Gasteiger partial charge in [0.1, 0.15) is 22.8 Å². The zero-order valence-corrected chi connectivity index (χ0v) is 28.6. The highest BCUT2D eigenvalue weighted by Gasteiger charge is 2.20. The first kappa shape index (κ1) is 35.6. The fourth-order valence-corrected chi connectivity index (χ4v) is 5.19. The number of nitrogens with one attached hydrogen (secondary N) is 5. The molecule has 0 saturated carbocycles. The molecule has 5 N–H and O–H groups in total. The molecule has 256 valence electrons. The molecule has 0 aliphatic rings. The maximum absolute atomic E-state index is 13.2. The van der Waals surface area contributed by atoms with Crippen molar-refractivity contribution in [2.75, 3.05) is 54.3 Å². The minimum Gasteiger partial charge on any atom is -0.351 e. The Kier molecular flexibility index (Phi) is 11.5. The molecule has 4 rings (SSSR count). The Hall–Kier alpha value is -5.28. The van der Waals surface area contributed by atoms with Crippen LogP contribution in [0.1, 0.15) is 54.8 Å². The first-order valence-electron chi connectivity index (χ1n) is 15.1. The molecule has 4 aromatic rings. The van der Waals surface area contributed by atoms with E-state index in [4.69, 9.17) is 11.6 Å². The average Bonchev–Trinajstić information content (AvgIpc) is 3.76. The lowest BCUT2D eigenvalue weighted by Crippen LogP contribution is -2.28. The van der Waals surface area contributed by atoms with Crippen LogP contribution in [0.15, 0.2) is 49.1 Å². The van der Waals surface area contributed by atoms with Crippen molar-refractivity contribution < 1.29 is 24.0 Å². The number of aryl methyl sites for hydroxylation is 4. The molecule has 5 amide bonds. The third kappa shape index (κ3) is 8.95. The molecular weight excluding hydrogens is 640 g/mol. The van der Waals surface area contributed by atoms with Crippen LogP contribution in [-0.2, 0) is 33.0 Å². The number of alkyl halides is 1. The first-order chi connectivity index (χ1) is 22.7. The van der Waals surface area contributed by atoms with E-state index >= 15 is 0 Å². The van der Waals surface area contributed by atoms with Crippen LogP contribution in [0.3, 0.4) is 0 Å². The van der Waals surface area contributed by atoms with Gasteiger partial charge in [0.25, 0.3) is 23.6 Å². The topological polar surface area (TPSA) is 168 Å². The molecule has 48 heavy (non-hydrogen) atoms. The number of carbonyl (C=O) groups is 5. The maximum atomic E-state index is 13.2. The summed E-state index contributed by atoms with van der Waals surface area (Å²) in [6.07, 6.45) is 7.44. The highest BCUT2D eigenvalue weighted by molar-refractivity contribution is 6.19. The van der Waals surface area contributed by atoms with E-state index in [1.165, 1.54) is 6.07 Å². The lowest BCUT2D eigenvalue weighted by molar-refractivity contribution is -0.115. The van der Waals surface area contributed by atoms with Gasteiger partial charge in [0.05, 0.1) is 22.7 Å². The fraction of sp³-hybridized carbons (Fsp3) is 0.344. The maximum Gasteiger partial charge on any atom is 0.272 e. The van der Waals surface area contributed by atoms with Crippen LogP contribution >= 0.6 is 11.6 Å². The van der Waals surface area contributed by atoms with Crippen LogP contribution in [-0.4, -0.2) is 85.8 Å². The summed E-state index contributed by atoms with van der Waals surface area (Å²) in [5.74, 6) is -1.62. The van der Waals surface area contributed by atoms with E-state index < -0.39 is 17.7 Å². The van der Waals surface area contributed by atoms with Gasteiger partial charge in [0.2, 0.25) is 5.91 Å². The second-order valence-corrected chi connectivity index (χ2v) is 12.0. The van der Waals surface area contributed by atoms with Gasteiger partial charge in [-0.3, -0.25) is 24.0 Å². The fourth-order valence-electron chi connectivity index (χ4n) is 5.02. The van der Waals surface area contributed by atoms with Gasteiger partial charge in [0.15, 0.2) is 0 Å². The van der Waals surface area contributed by atoms with Crippen molar-refractivity contribution >= 4 is 63.9 Å². The molecule has 0 aliphatic carbocycles. The SMILES string of the molecule is CN(C)CCCNC(=O)c1cc(NC(=O)c2cc(NC(=O)c3cc(NC(=O)c4cc(NC(=O)CCCl)cn4C)cn3C)cn2C)cn1C. The van der Waals surface area contributed by atoms with Crippen LogP contribution in [0.5, 0.6) is 0 Å². The molecule has 0 bridgehead atoms.